The number of nitrogens with zero attached hydrogens (tertiary/aromatic N) is 1. The van der Waals surface area contributed by atoms with Gasteiger partial charge in [-0.2, -0.15) is 0 Å². The van der Waals surface area contributed by atoms with Crippen LogP contribution in [0.15, 0.2) is 53.4 Å². The van der Waals surface area contributed by atoms with E-state index in [4.69, 9.17) is 4.74 Å². The van der Waals surface area contributed by atoms with Gasteiger partial charge in [0.05, 0.1) is 12.0 Å². The number of nitrogens with one attached hydrogen (secondary N) is 1. The summed E-state index contributed by atoms with van der Waals surface area (Å²) in [6.45, 7) is 2.41. The van der Waals surface area contributed by atoms with Gasteiger partial charge in [0.1, 0.15) is 5.75 Å². The number of para-hydroxylation sites is 1. The van der Waals surface area contributed by atoms with E-state index in [1.807, 2.05) is 19.2 Å². The molecule has 0 bridgehead atoms. The Morgan fingerprint density at radius 2 is 1.76 bits per heavy atom. The van der Waals surface area contributed by atoms with Gasteiger partial charge in [-0.15, -0.1) is 0 Å². The molecule has 25 heavy (non-hydrogen) atoms. The Kier molecular flexibility index (Phi) is 4.83. The first-order valence-corrected chi connectivity index (χ1v) is 9.59. The van der Waals surface area contributed by atoms with Crippen molar-refractivity contribution in [2.24, 2.45) is 7.05 Å². The van der Waals surface area contributed by atoms with Gasteiger partial charge in [0, 0.05) is 30.2 Å². The monoisotopic (exact) mass is 358 g/mol. The van der Waals surface area contributed by atoms with Gasteiger partial charge in [0.25, 0.3) is 0 Å². The molecule has 0 saturated carbocycles. The molecule has 0 spiro atoms. The molecule has 0 aliphatic heterocycles. The number of benzene rings is 2. The highest BCUT2D eigenvalue weighted by Crippen LogP contribution is 2.25. The van der Waals surface area contributed by atoms with Crippen LogP contribution in [0, 0.1) is 6.92 Å². The molecule has 0 atom stereocenters. The van der Waals surface area contributed by atoms with E-state index in [1.54, 1.807) is 31.4 Å². The Morgan fingerprint density at radius 1 is 1.08 bits per heavy atom. The second kappa shape index (κ2) is 6.90. The summed E-state index contributed by atoms with van der Waals surface area (Å²) in [5.41, 5.74) is 3.49. The molecule has 0 fully saturated rings. The third-order valence-electron chi connectivity index (χ3n) is 4.57. The van der Waals surface area contributed by atoms with Crippen molar-refractivity contribution < 1.29 is 13.2 Å². The fourth-order valence-electron chi connectivity index (χ4n) is 3.06. The Bertz CT molecular complexity index is 989. The summed E-state index contributed by atoms with van der Waals surface area (Å²) in [5, 5.41) is 1.17. The lowest BCUT2D eigenvalue weighted by Gasteiger charge is -2.08. The van der Waals surface area contributed by atoms with Gasteiger partial charge < -0.3 is 9.30 Å². The number of aryl methyl sites for hydroxylation is 1. The van der Waals surface area contributed by atoms with Crippen LogP contribution in [0.3, 0.4) is 0 Å². The van der Waals surface area contributed by atoms with E-state index < -0.39 is 10.0 Å². The zero-order valence-electron chi connectivity index (χ0n) is 14.6. The summed E-state index contributed by atoms with van der Waals surface area (Å²) in [6.07, 6.45) is 0.641. The molecule has 0 aliphatic carbocycles. The van der Waals surface area contributed by atoms with Crippen LogP contribution in [0.5, 0.6) is 5.75 Å². The number of ether oxygens (including phenoxy) is 1. The van der Waals surface area contributed by atoms with Crippen LogP contribution in [0.25, 0.3) is 10.9 Å². The number of hydrogen-bond acceptors (Lipinski definition) is 3. The van der Waals surface area contributed by atoms with E-state index in [1.165, 1.54) is 10.9 Å². The molecule has 2 aromatic carbocycles. The molecule has 132 valence electrons. The average Bonchev–Trinajstić information content (AvgIpc) is 2.87. The quantitative estimate of drug-likeness (QED) is 0.737. The Balaban J connectivity index is 1.75. The fraction of sp³-hybridized carbons (Fsp3) is 0.263. The molecule has 0 saturated heterocycles. The minimum absolute atomic E-state index is 0.239. The lowest BCUT2D eigenvalue weighted by atomic mass is 10.1. The van der Waals surface area contributed by atoms with E-state index in [-0.39, 0.29) is 4.90 Å². The molecule has 0 unspecified atom stereocenters. The number of rotatable bonds is 6. The van der Waals surface area contributed by atoms with E-state index in [2.05, 4.69) is 28.3 Å². The molecular weight excluding hydrogens is 336 g/mol. The van der Waals surface area contributed by atoms with Crippen LogP contribution in [0.1, 0.15) is 11.3 Å². The van der Waals surface area contributed by atoms with Crippen molar-refractivity contribution in [3.05, 3.63) is 59.8 Å². The van der Waals surface area contributed by atoms with Gasteiger partial charge in [0.15, 0.2) is 0 Å². The highest BCUT2D eigenvalue weighted by Gasteiger charge is 2.15. The number of fused-ring (bicyclic) bond motifs is 1. The minimum Gasteiger partial charge on any atom is -0.497 e. The first-order chi connectivity index (χ1) is 11.9. The van der Waals surface area contributed by atoms with Crippen LogP contribution >= 0.6 is 0 Å². The molecule has 6 heteroatoms. The van der Waals surface area contributed by atoms with Crippen LogP contribution < -0.4 is 9.46 Å². The summed E-state index contributed by atoms with van der Waals surface area (Å²) in [5.74, 6) is 0.630. The van der Waals surface area contributed by atoms with Crippen molar-refractivity contribution in [2.45, 2.75) is 18.2 Å². The van der Waals surface area contributed by atoms with Crippen molar-refractivity contribution >= 4 is 20.9 Å². The highest BCUT2D eigenvalue weighted by atomic mass is 32.2. The lowest BCUT2D eigenvalue weighted by molar-refractivity contribution is 0.414. The molecule has 1 aromatic heterocycles. The van der Waals surface area contributed by atoms with E-state index in [0.717, 1.165) is 11.2 Å². The number of aromatic nitrogens is 1. The maximum atomic E-state index is 12.4. The number of sulfonamides is 1. The largest absolute Gasteiger partial charge is 0.497 e. The summed E-state index contributed by atoms with van der Waals surface area (Å²) < 4.78 is 34.7. The van der Waals surface area contributed by atoms with Gasteiger partial charge in [-0.3, -0.25) is 0 Å². The Hall–Kier alpha value is -2.31. The van der Waals surface area contributed by atoms with E-state index >= 15 is 0 Å². The predicted molar refractivity (Wildman–Crippen MR) is 99.5 cm³/mol. The maximum Gasteiger partial charge on any atom is 0.240 e. The lowest BCUT2D eigenvalue weighted by Crippen LogP contribution is -2.26. The number of hydrogen-bond donors (Lipinski definition) is 1. The zero-order chi connectivity index (χ0) is 18.0. The highest BCUT2D eigenvalue weighted by molar-refractivity contribution is 7.89. The third-order valence-corrected chi connectivity index (χ3v) is 6.04. The van der Waals surface area contributed by atoms with Crippen LogP contribution in [-0.4, -0.2) is 26.6 Å². The van der Waals surface area contributed by atoms with Crippen LogP contribution in [0.4, 0.5) is 0 Å². The summed E-state index contributed by atoms with van der Waals surface area (Å²) in [6, 6.07) is 14.6. The van der Waals surface area contributed by atoms with Crippen molar-refractivity contribution in [1.82, 2.24) is 9.29 Å². The SMILES string of the molecule is COc1ccc(S(=O)(=O)NCCc2c(C)n(C)c3ccccc23)cc1. The van der Waals surface area contributed by atoms with Gasteiger partial charge >= 0.3 is 0 Å². The molecule has 0 amide bonds. The van der Waals surface area contributed by atoms with E-state index in [9.17, 15) is 8.42 Å². The third kappa shape index (κ3) is 3.41. The van der Waals surface area contributed by atoms with Crippen molar-refractivity contribution in [3.63, 3.8) is 0 Å². The Labute approximate surface area is 148 Å². The molecular formula is C19H22N2O3S. The van der Waals surface area contributed by atoms with E-state index in [0.29, 0.717) is 18.7 Å². The minimum atomic E-state index is -3.53. The van der Waals surface area contributed by atoms with Gasteiger partial charge in [0.2, 0.25) is 10.0 Å². The normalized spacial score (nSPS) is 11.8. The average molecular weight is 358 g/mol. The summed E-state index contributed by atoms with van der Waals surface area (Å²) in [7, 11) is 0.0532. The van der Waals surface area contributed by atoms with Crippen LogP contribution in [0.2, 0.25) is 0 Å². The maximum absolute atomic E-state index is 12.4. The summed E-state index contributed by atoms with van der Waals surface area (Å²) >= 11 is 0. The molecule has 3 aromatic rings. The fourth-order valence-corrected chi connectivity index (χ4v) is 4.10. The standard InChI is InChI=1S/C19H22N2O3S/c1-14-17(18-6-4-5-7-19(18)21(14)2)12-13-20-25(22,23)16-10-8-15(24-3)9-11-16/h4-11,20H,12-13H2,1-3H3. The molecule has 0 radical (unpaired) electrons. The van der Waals surface area contributed by atoms with Gasteiger partial charge in [-0.1, -0.05) is 18.2 Å². The molecule has 1 heterocycles. The van der Waals surface area contributed by atoms with Gasteiger partial charge in [-0.25, -0.2) is 13.1 Å². The topological polar surface area (TPSA) is 60.3 Å². The Morgan fingerprint density at radius 3 is 2.44 bits per heavy atom. The molecule has 0 aliphatic rings. The number of methoxy groups -OCH3 is 1. The molecule has 1 N–H and O–H groups in total. The van der Waals surface area contributed by atoms with Crippen molar-refractivity contribution in [1.29, 1.82) is 0 Å². The second-order valence-electron chi connectivity index (χ2n) is 5.96. The molecule has 3 rings (SSSR count). The zero-order valence-corrected chi connectivity index (χ0v) is 15.4. The molecule has 5 nitrogen and oxygen atoms in total. The van der Waals surface area contributed by atoms with Crippen molar-refractivity contribution in [2.75, 3.05) is 13.7 Å². The predicted octanol–water partition coefficient (Wildman–Crippen LogP) is 3.02. The van der Waals surface area contributed by atoms with Gasteiger partial charge in [-0.05, 0) is 49.2 Å². The second-order valence-corrected chi connectivity index (χ2v) is 7.73. The summed E-state index contributed by atoms with van der Waals surface area (Å²) in [4.78, 5) is 0.239. The smallest absolute Gasteiger partial charge is 0.240 e. The first-order valence-electron chi connectivity index (χ1n) is 8.10. The first kappa shape index (κ1) is 17.5. The van der Waals surface area contributed by atoms with Crippen LogP contribution in [-0.2, 0) is 23.5 Å². The van der Waals surface area contributed by atoms with Crippen molar-refractivity contribution in [3.8, 4) is 5.75 Å².